The van der Waals surface area contributed by atoms with Crippen molar-refractivity contribution in [3.8, 4) is 0 Å². The van der Waals surface area contributed by atoms with E-state index in [1.54, 1.807) is 6.20 Å². The summed E-state index contributed by atoms with van der Waals surface area (Å²) in [6, 6.07) is 0. The largest absolute Gasteiger partial charge is 0.481 e. The smallest absolute Gasteiger partial charge is 0.308 e. The van der Waals surface area contributed by atoms with Gasteiger partial charge in [0.25, 0.3) is 0 Å². The van der Waals surface area contributed by atoms with Gasteiger partial charge in [-0.05, 0) is 18.8 Å². The number of aromatic nitrogens is 1. The lowest BCUT2D eigenvalue weighted by atomic mass is 10.0. The van der Waals surface area contributed by atoms with Crippen molar-refractivity contribution in [2.24, 2.45) is 5.92 Å². The number of thiazole rings is 1. The maximum Gasteiger partial charge on any atom is 0.308 e. The van der Waals surface area contributed by atoms with Crippen LogP contribution in [0.3, 0.4) is 0 Å². The normalized spacial score (nSPS) is 21.1. The van der Waals surface area contributed by atoms with Crippen LogP contribution in [-0.2, 0) is 11.2 Å². The molecule has 0 amide bonds. The van der Waals surface area contributed by atoms with Crippen LogP contribution in [0.5, 0.6) is 0 Å². The van der Waals surface area contributed by atoms with Crippen molar-refractivity contribution in [2.45, 2.75) is 26.2 Å². The summed E-state index contributed by atoms with van der Waals surface area (Å²) in [5, 5.41) is 9.67. The number of carbonyl (C=O) groups is 1. The number of aliphatic carboxylic acids is 1. The van der Waals surface area contributed by atoms with E-state index in [1.165, 1.54) is 24.2 Å². The summed E-state index contributed by atoms with van der Waals surface area (Å²) in [7, 11) is 0. The third-order valence-electron chi connectivity index (χ3n) is 2.79. The highest BCUT2D eigenvalue weighted by Crippen LogP contribution is 2.27. The minimum atomic E-state index is -0.790. The second-order valence-electron chi connectivity index (χ2n) is 4.37. The SMILES string of the molecule is CC1CCCN(c2ncc(CC(=O)O)s2)C1. The van der Waals surface area contributed by atoms with Crippen molar-refractivity contribution in [3.05, 3.63) is 11.1 Å². The second kappa shape index (κ2) is 4.82. The molecule has 1 fully saturated rings. The van der Waals surface area contributed by atoms with Gasteiger partial charge in [-0.15, -0.1) is 11.3 Å². The van der Waals surface area contributed by atoms with Crippen LogP contribution >= 0.6 is 11.3 Å². The molecule has 0 aromatic carbocycles. The van der Waals surface area contributed by atoms with Gasteiger partial charge in [-0.1, -0.05) is 6.92 Å². The molecule has 1 atom stereocenters. The molecular formula is C11H16N2O2S. The number of anilines is 1. The van der Waals surface area contributed by atoms with Gasteiger partial charge in [0, 0.05) is 24.2 Å². The highest BCUT2D eigenvalue weighted by atomic mass is 32.1. The zero-order chi connectivity index (χ0) is 11.5. The highest BCUT2D eigenvalue weighted by molar-refractivity contribution is 7.15. The predicted molar refractivity (Wildman–Crippen MR) is 64.1 cm³/mol. The molecule has 4 nitrogen and oxygen atoms in total. The topological polar surface area (TPSA) is 53.4 Å². The number of piperidine rings is 1. The maximum absolute atomic E-state index is 10.6. The lowest BCUT2D eigenvalue weighted by Crippen LogP contribution is -2.34. The van der Waals surface area contributed by atoms with Gasteiger partial charge in [-0.3, -0.25) is 4.79 Å². The molecule has 0 spiro atoms. The summed E-state index contributed by atoms with van der Waals surface area (Å²) in [5.74, 6) is -0.0808. The van der Waals surface area contributed by atoms with Gasteiger partial charge in [-0.25, -0.2) is 4.98 Å². The van der Waals surface area contributed by atoms with Gasteiger partial charge in [0.1, 0.15) is 0 Å². The van der Waals surface area contributed by atoms with Crippen molar-refractivity contribution in [1.29, 1.82) is 0 Å². The van der Waals surface area contributed by atoms with E-state index in [-0.39, 0.29) is 6.42 Å². The van der Waals surface area contributed by atoms with Crippen molar-refractivity contribution in [2.75, 3.05) is 18.0 Å². The van der Waals surface area contributed by atoms with Gasteiger partial charge in [-0.2, -0.15) is 0 Å². The Labute approximate surface area is 98.9 Å². The first kappa shape index (κ1) is 11.4. The quantitative estimate of drug-likeness (QED) is 0.878. The van der Waals surface area contributed by atoms with Gasteiger partial charge < -0.3 is 10.0 Å². The molecule has 88 valence electrons. The molecule has 5 heteroatoms. The Bertz CT molecular complexity index is 378. The van der Waals surface area contributed by atoms with Crippen LogP contribution in [0.2, 0.25) is 0 Å². The highest BCUT2D eigenvalue weighted by Gasteiger charge is 2.19. The molecule has 1 aromatic rings. The monoisotopic (exact) mass is 240 g/mol. The third-order valence-corrected chi connectivity index (χ3v) is 3.85. The fourth-order valence-corrected chi connectivity index (χ4v) is 2.97. The summed E-state index contributed by atoms with van der Waals surface area (Å²) in [6.07, 6.45) is 4.26. The van der Waals surface area contributed by atoms with Crippen LogP contribution in [0.15, 0.2) is 6.20 Å². The van der Waals surface area contributed by atoms with Crippen LogP contribution in [0.1, 0.15) is 24.6 Å². The van der Waals surface area contributed by atoms with Crippen molar-refractivity contribution >= 4 is 22.4 Å². The summed E-state index contributed by atoms with van der Waals surface area (Å²) in [5.41, 5.74) is 0. The first-order valence-electron chi connectivity index (χ1n) is 5.56. The molecule has 1 unspecified atom stereocenters. The van der Waals surface area contributed by atoms with Gasteiger partial charge in [0.15, 0.2) is 5.13 Å². The van der Waals surface area contributed by atoms with Crippen LogP contribution in [0.25, 0.3) is 0 Å². The van der Waals surface area contributed by atoms with Crippen LogP contribution < -0.4 is 4.90 Å². The van der Waals surface area contributed by atoms with Crippen molar-refractivity contribution in [1.82, 2.24) is 4.98 Å². The Morgan fingerprint density at radius 3 is 3.25 bits per heavy atom. The minimum absolute atomic E-state index is 0.0844. The van der Waals surface area contributed by atoms with E-state index in [4.69, 9.17) is 5.11 Å². The van der Waals surface area contributed by atoms with E-state index in [0.717, 1.165) is 23.1 Å². The Hall–Kier alpha value is -1.10. The molecule has 2 rings (SSSR count). The molecule has 0 bridgehead atoms. The number of nitrogens with zero attached hydrogens (tertiary/aromatic N) is 2. The Balaban J connectivity index is 2.03. The van der Waals surface area contributed by atoms with Crippen molar-refractivity contribution < 1.29 is 9.90 Å². The first-order valence-corrected chi connectivity index (χ1v) is 6.38. The zero-order valence-electron chi connectivity index (χ0n) is 9.35. The molecule has 1 aliphatic rings. The molecule has 0 saturated carbocycles. The third kappa shape index (κ3) is 2.72. The minimum Gasteiger partial charge on any atom is -0.481 e. The predicted octanol–water partition coefficient (Wildman–Crippen LogP) is 2.01. The molecule has 1 N–H and O–H groups in total. The Morgan fingerprint density at radius 1 is 1.75 bits per heavy atom. The lowest BCUT2D eigenvalue weighted by Gasteiger charge is -2.30. The fourth-order valence-electron chi connectivity index (χ4n) is 2.04. The fraction of sp³-hybridized carbons (Fsp3) is 0.636. The van der Waals surface area contributed by atoms with Crippen molar-refractivity contribution in [3.63, 3.8) is 0 Å². The number of hydrogen-bond acceptors (Lipinski definition) is 4. The summed E-state index contributed by atoms with van der Waals surface area (Å²) >= 11 is 1.50. The van der Waals surface area contributed by atoms with E-state index in [1.807, 2.05) is 0 Å². The number of carboxylic acid groups (broad SMARTS) is 1. The van der Waals surface area contributed by atoms with E-state index < -0.39 is 5.97 Å². The van der Waals surface area contributed by atoms with Gasteiger partial charge >= 0.3 is 5.97 Å². The standard InChI is InChI=1S/C11H16N2O2S/c1-8-3-2-4-13(7-8)11-12-6-9(16-11)5-10(14)15/h6,8H,2-5,7H2,1H3,(H,14,15). The average molecular weight is 240 g/mol. The molecule has 0 aliphatic carbocycles. The molecule has 2 heterocycles. The number of hydrogen-bond donors (Lipinski definition) is 1. The zero-order valence-corrected chi connectivity index (χ0v) is 10.2. The second-order valence-corrected chi connectivity index (χ2v) is 5.47. The van der Waals surface area contributed by atoms with E-state index >= 15 is 0 Å². The molecular weight excluding hydrogens is 224 g/mol. The number of rotatable bonds is 3. The lowest BCUT2D eigenvalue weighted by molar-refractivity contribution is -0.136. The average Bonchev–Trinajstić information content (AvgIpc) is 2.65. The summed E-state index contributed by atoms with van der Waals surface area (Å²) in [4.78, 5) is 18.0. The van der Waals surface area contributed by atoms with E-state index in [0.29, 0.717) is 5.92 Å². The van der Waals surface area contributed by atoms with Crippen LogP contribution in [-0.4, -0.2) is 29.1 Å². The summed E-state index contributed by atoms with van der Waals surface area (Å²) in [6.45, 7) is 4.34. The van der Waals surface area contributed by atoms with Crippen LogP contribution in [0.4, 0.5) is 5.13 Å². The molecule has 16 heavy (non-hydrogen) atoms. The summed E-state index contributed by atoms with van der Waals surface area (Å²) < 4.78 is 0. The molecule has 1 aromatic heterocycles. The Kier molecular flexibility index (Phi) is 3.43. The van der Waals surface area contributed by atoms with Crippen LogP contribution in [0, 0.1) is 5.92 Å². The van der Waals surface area contributed by atoms with E-state index in [9.17, 15) is 4.79 Å². The molecule has 0 radical (unpaired) electrons. The first-order chi connectivity index (χ1) is 7.65. The maximum atomic E-state index is 10.6. The molecule has 1 aliphatic heterocycles. The Morgan fingerprint density at radius 2 is 2.56 bits per heavy atom. The van der Waals surface area contributed by atoms with E-state index in [2.05, 4.69) is 16.8 Å². The van der Waals surface area contributed by atoms with Gasteiger partial charge in [0.05, 0.1) is 6.42 Å². The van der Waals surface area contributed by atoms with Gasteiger partial charge in [0.2, 0.25) is 0 Å². The molecule has 1 saturated heterocycles. The number of carboxylic acids is 1.